The fraction of sp³-hybridized carbons (Fsp3) is 0.200. The molecule has 8 nitrogen and oxygen atoms in total. The number of amides is 1. The molecular formula is C25H23NO7. The number of aryl methyl sites for hydroxylation is 1. The highest BCUT2D eigenvalue weighted by Gasteiger charge is 2.49. The first-order valence-corrected chi connectivity index (χ1v) is 10.1. The number of nitrogens with zero attached hydrogens (tertiary/aromatic N) is 1. The van der Waals surface area contributed by atoms with E-state index in [1.165, 1.54) is 32.3 Å². The average molecular weight is 449 g/mol. The number of carbonyl (C=O) groups is 2. The molecule has 3 aromatic rings. The monoisotopic (exact) mass is 449 g/mol. The summed E-state index contributed by atoms with van der Waals surface area (Å²) < 4.78 is 21.8. The quantitative estimate of drug-likeness (QED) is 0.341. The van der Waals surface area contributed by atoms with Crippen LogP contribution in [0.2, 0.25) is 0 Å². The van der Waals surface area contributed by atoms with E-state index in [1.807, 2.05) is 0 Å². The number of anilines is 1. The van der Waals surface area contributed by atoms with Crippen molar-refractivity contribution in [2.45, 2.75) is 13.0 Å². The van der Waals surface area contributed by atoms with Gasteiger partial charge in [0.2, 0.25) is 0 Å². The average Bonchev–Trinajstić information content (AvgIpc) is 3.38. The van der Waals surface area contributed by atoms with Crippen LogP contribution in [0.4, 0.5) is 5.69 Å². The molecule has 1 aromatic heterocycles. The summed E-state index contributed by atoms with van der Waals surface area (Å²) in [5.41, 5.74) is 0.568. The Morgan fingerprint density at radius 2 is 1.61 bits per heavy atom. The van der Waals surface area contributed by atoms with Crippen molar-refractivity contribution in [2.75, 3.05) is 26.2 Å². The van der Waals surface area contributed by atoms with E-state index in [4.69, 9.17) is 18.6 Å². The van der Waals surface area contributed by atoms with Crippen LogP contribution in [-0.4, -0.2) is 38.1 Å². The number of rotatable bonds is 6. The Morgan fingerprint density at radius 1 is 0.909 bits per heavy atom. The molecule has 1 saturated heterocycles. The fourth-order valence-corrected chi connectivity index (χ4v) is 3.92. The number of benzene rings is 2. The highest BCUT2D eigenvalue weighted by atomic mass is 16.5. The molecule has 0 bridgehead atoms. The van der Waals surface area contributed by atoms with E-state index >= 15 is 0 Å². The Hall–Kier alpha value is -4.20. The number of hydrogen-bond acceptors (Lipinski definition) is 7. The summed E-state index contributed by atoms with van der Waals surface area (Å²) in [6.07, 6.45) is 0. The molecule has 0 radical (unpaired) electrons. The second-order valence-electron chi connectivity index (χ2n) is 7.36. The number of methoxy groups -OCH3 is 3. The van der Waals surface area contributed by atoms with E-state index in [2.05, 4.69) is 0 Å². The third-order valence-corrected chi connectivity index (χ3v) is 5.48. The molecule has 4 rings (SSSR count). The number of ether oxygens (including phenoxy) is 3. The first-order valence-electron chi connectivity index (χ1n) is 10.1. The maximum Gasteiger partial charge on any atom is 0.300 e. The molecule has 1 aliphatic rings. The largest absolute Gasteiger partial charge is 0.507 e. The smallest absolute Gasteiger partial charge is 0.300 e. The molecule has 1 aliphatic heterocycles. The Morgan fingerprint density at radius 3 is 2.24 bits per heavy atom. The lowest BCUT2D eigenvalue weighted by molar-refractivity contribution is -0.132. The van der Waals surface area contributed by atoms with Crippen LogP contribution >= 0.6 is 0 Å². The number of aliphatic hydroxyl groups excluding tert-OH is 1. The Bertz CT molecular complexity index is 1260. The van der Waals surface area contributed by atoms with Gasteiger partial charge in [-0.2, -0.15) is 0 Å². The molecular weight excluding hydrogens is 426 g/mol. The number of furan rings is 1. The first kappa shape index (κ1) is 22.0. The maximum atomic E-state index is 13.2. The summed E-state index contributed by atoms with van der Waals surface area (Å²) in [5.74, 6) is 0.159. The van der Waals surface area contributed by atoms with Crippen LogP contribution in [0, 0.1) is 6.92 Å². The van der Waals surface area contributed by atoms with Crippen molar-refractivity contribution in [3.05, 3.63) is 77.3 Å². The van der Waals surface area contributed by atoms with Crippen molar-refractivity contribution in [1.29, 1.82) is 0 Å². The first-order chi connectivity index (χ1) is 15.9. The summed E-state index contributed by atoms with van der Waals surface area (Å²) >= 11 is 0. The van der Waals surface area contributed by atoms with Gasteiger partial charge in [0.05, 0.1) is 32.6 Å². The highest BCUT2D eigenvalue weighted by Crippen LogP contribution is 2.45. The zero-order chi connectivity index (χ0) is 23.7. The molecule has 2 heterocycles. The van der Waals surface area contributed by atoms with Crippen LogP contribution in [0.15, 0.2) is 64.6 Å². The van der Waals surface area contributed by atoms with Crippen LogP contribution in [0.5, 0.6) is 17.2 Å². The predicted molar refractivity (Wildman–Crippen MR) is 121 cm³/mol. The van der Waals surface area contributed by atoms with Crippen molar-refractivity contribution >= 4 is 23.1 Å². The van der Waals surface area contributed by atoms with Gasteiger partial charge in [0.25, 0.3) is 11.7 Å². The van der Waals surface area contributed by atoms with E-state index in [1.54, 1.807) is 55.5 Å². The maximum absolute atomic E-state index is 13.2. The number of hydrogen-bond donors (Lipinski definition) is 1. The van der Waals surface area contributed by atoms with Gasteiger partial charge in [-0.3, -0.25) is 14.5 Å². The van der Waals surface area contributed by atoms with Crippen LogP contribution in [0.25, 0.3) is 5.76 Å². The highest BCUT2D eigenvalue weighted by molar-refractivity contribution is 6.51. The summed E-state index contributed by atoms with van der Waals surface area (Å²) in [7, 11) is 4.44. The van der Waals surface area contributed by atoms with Crippen LogP contribution in [-0.2, 0) is 9.59 Å². The number of Topliss-reactive ketones (excluding diaryl/α,β-unsaturated/α-hetero) is 1. The number of ketones is 1. The van der Waals surface area contributed by atoms with Gasteiger partial charge in [0.1, 0.15) is 29.1 Å². The van der Waals surface area contributed by atoms with Gasteiger partial charge in [0, 0.05) is 5.56 Å². The second kappa shape index (κ2) is 8.74. The molecule has 1 unspecified atom stereocenters. The molecule has 1 amide bonds. The zero-order valence-corrected chi connectivity index (χ0v) is 18.6. The van der Waals surface area contributed by atoms with Crippen molar-refractivity contribution in [3.8, 4) is 17.2 Å². The number of aliphatic hydroxyl groups is 1. The van der Waals surface area contributed by atoms with E-state index in [9.17, 15) is 14.7 Å². The van der Waals surface area contributed by atoms with E-state index < -0.39 is 17.7 Å². The molecule has 0 aliphatic carbocycles. The fourth-order valence-electron chi connectivity index (χ4n) is 3.92. The van der Waals surface area contributed by atoms with Crippen LogP contribution < -0.4 is 19.1 Å². The van der Waals surface area contributed by atoms with Gasteiger partial charge in [-0.05, 0) is 49.4 Å². The van der Waals surface area contributed by atoms with E-state index in [0.717, 1.165) is 0 Å². The van der Waals surface area contributed by atoms with Crippen molar-refractivity contribution < 1.29 is 33.3 Å². The molecule has 33 heavy (non-hydrogen) atoms. The SMILES string of the molecule is COc1ccc(/C(O)=C2/C(=O)C(=O)N(c3ccccc3OC)C2c2ccc(C)o2)cc1OC. The van der Waals surface area contributed by atoms with Crippen LogP contribution in [0.3, 0.4) is 0 Å². The molecule has 2 aromatic carbocycles. The lowest BCUT2D eigenvalue weighted by Crippen LogP contribution is -2.29. The van der Waals surface area contributed by atoms with Crippen molar-refractivity contribution in [3.63, 3.8) is 0 Å². The van der Waals surface area contributed by atoms with Crippen molar-refractivity contribution in [1.82, 2.24) is 0 Å². The Balaban J connectivity index is 1.95. The molecule has 1 fully saturated rings. The summed E-state index contributed by atoms with van der Waals surface area (Å²) in [5, 5.41) is 11.2. The van der Waals surface area contributed by atoms with E-state index in [-0.39, 0.29) is 11.3 Å². The molecule has 0 saturated carbocycles. The number of carbonyl (C=O) groups excluding carboxylic acids is 2. The van der Waals surface area contributed by atoms with Gasteiger partial charge < -0.3 is 23.7 Å². The number of para-hydroxylation sites is 2. The molecule has 8 heteroatoms. The summed E-state index contributed by atoms with van der Waals surface area (Å²) in [4.78, 5) is 27.7. The van der Waals surface area contributed by atoms with Crippen LogP contribution in [0.1, 0.15) is 23.1 Å². The standard InChI is InChI=1S/C25H23NO7/c1-14-9-11-19(33-14)22-21(23(27)15-10-12-18(31-3)20(13-15)32-4)24(28)25(29)26(22)16-7-5-6-8-17(16)30-2/h5-13,22,27H,1-4H3/b23-21-. The Kier molecular flexibility index (Phi) is 5.83. The predicted octanol–water partition coefficient (Wildman–Crippen LogP) is 4.24. The lowest BCUT2D eigenvalue weighted by Gasteiger charge is -2.25. The zero-order valence-electron chi connectivity index (χ0n) is 18.6. The molecule has 170 valence electrons. The van der Waals surface area contributed by atoms with Gasteiger partial charge in [-0.15, -0.1) is 0 Å². The van der Waals surface area contributed by atoms with E-state index in [0.29, 0.717) is 40.0 Å². The van der Waals surface area contributed by atoms with Gasteiger partial charge in [-0.25, -0.2) is 0 Å². The molecule has 1 N–H and O–H groups in total. The normalized spacial score (nSPS) is 17.3. The minimum atomic E-state index is -0.997. The summed E-state index contributed by atoms with van der Waals surface area (Å²) in [6, 6.07) is 14.0. The van der Waals surface area contributed by atoms with Crippen molar-refractivity contribution in [2.24, 2.45) is 0 Å². The third-order valence-electron chi connectivity index (χ3n) is 5.48. The topological polar surface area (TPSA) is 98.4 Å². The van der Waals surface area contributed by atoms with Gasteiger partial charge in [0.15, 0.2) is 11.5 Å². The van der Waals surface area contributed by atoms with Gasteiger partial charge >= 0.3 is 0 Å². The lowest BCUT2D eigenvalue weighted by atomic mass is 9.99. The Labute approximate surface area is 190 Å². The van der Waals surface area contributed by atoms with Gasteiger partial charge in [-0.1, -0.05) is 12.1 Å². The third kappa shape index (κ3) is 3.69. The molecule has 0 spiro atoms. The summed E-state index contributed by atoms with van der Waals surface area (Å²) in [6.45, 7) is 1.76. The minimum absolute atomic E-state index is 0.104. The minimum Gasteiger partial charge on any atom is -0.507 e. The second-order valence-corrected chi connectivity index (χ2v) is 7.36. The molecule has 1 atom stereocenters.